The van der Waals surface area contributed by atoms with Crippen LogP contribution in [0.4, 0.5) is 0 Å². The predicted molar refractivity (Wildman–Crippen MR) is 124 cm³/mol. The molecule has 1 N–H and O–H groups in total. The predicted octanol–water partition coefficient (Wildman–Crippen LogP) is 4.45. The maximum absolute atomic E-state index is 13.3. The molecule has 168 valence electrons. The smallest absolute Gasteiger partial charge is 0.323 e. The van der Waals surface area contributed by atoms with Crippen molar-refractivity contribution in [2.45, 2.75) is 49.3 Å². The Balaban J connectivity index is 1.99. The summed E-state index contributed by atoms with van der Waals surface area (Å²) in [5, 5.41) is 9.74. The Kier molecular flexibility index (Phi) is 6.74. The van der Waals surface area contributed by atoms with Crippen molar-refractivity contribution in [2.24, 2.45) is 0 Å². The number of nitrogens with zero attached hydrogens (tertiary/aromatic N) is 1. The first-order valence-electron chi connectivity index (χ1n) is 10.2. The van der Waals surface area contributed by atoms with E-state index in [4.69, 9.17) is 4.74 Å². The Bertz CT molecular complexity index is 1060. The van der Waals surface area contributed by atoms with Crippen LogP contribution in [0.2, 0.25) is 0 Å². The number of hydrogen-bond donors (Lipinski definition) is 1. The molecule has 1 aliphatic rings. The topological polar surface area (TPSA) is 83.9 Å². The molecule has 0 spiro atoms. The molecule has 2 aromatic carbocycles. The van der Waals surface area contributed by atoms with Gasteiger partial charge in [-0.2, -0.15) is 16.1 Å². The zero-order valence-electron chi connectivity index (χ0n) is 18.5. The molecule has 0 amide bonds. The van der Waals surface area contributed by atoms with E-state index in [2.05, 4.69) is 19.9 Å². The van der Waals surface area contributed by atoms with Gasteiger partial charge in [-0.05, 0) is 55.2 Å². The number of ether oxygens (including phenoxy) is 1. The highest BCUT2D eigenvalue weighted by molar-refractivity contribution is 8.00. The van der Waals surface area contributed by atoms with Crippen LogP contribution in [0, 0.1) is 0 Å². The van der Waals surface area contributed by atoms with Gasteiger partial charge in [0.25, 0.3) is 0 Å². The third-order valence-electron chi connectivity index (χ3n) is 5.63. The normalized spacial score (nSPS) is 19.4. The van der Waals surface area contributed by atoms with Crippen molar-refractivity contribution >= 4 is 27.8 Å². The van der Waals surface area contributed by atoms with E-state index in [-0.39, 0.29) is 11.4 Å². The average Bonchev–Trinajstić information content (AvgIpc) is 2.72. The molecular formula is C23H29NO5S2. The Labute approximate surface area is 188 Å². The summed E-state index contributed by atoms with van der Waals surface area (Å²) < 4.78 is 32.6. The number of rotatable bonds is 6. The van der Waals surface area contributed by atoms with E-state index in [1.807, 2.05) is 12.1 Å². The van der Waals surface area contributed by atoms with Crippen molar-refractivity contribution in [2.75, 3.05) is 19.4 Å². The highest BCUT2D eigenvalue weighted by atomic mass is 32.2. The Hall–Kier alpha value is -2.03. The third kappa shape index (κ3) is 4.61. The number of benzene rings is 2. The Morgan fingerprint density at radius 3 is 2.39 bits per heavy atom. The fourth-order valence-corrected chi connectivity index (χ4v) is 6.98. The van der Waals surface area contributed by atoms with Crippen LogP contribution < -0.4 is 4.74 Å². The molecule has 1 atom stereocenters. The average molecular weight is 464 g/mol. The summed E-state index contributed by atoms with van der Waals surface area (Å²) in [5.74, 6) is 0.471. The van der Waals surface area contributed by atoms with Gasteiger partial charge >= 0.3 is 5.97 Å². The van der Waals surface area contributed by atoms with Crippen LogP contribution in [-0.2, 0) is 14.8 Å². The summed E-state index contributed by atoms with van der Waals surface area (Å²) in [6.45, 7) is 7.93. The van der Waals surface area contributed by atoms with Crippen molar-refractivity contribution in [3.63, 3.8) is 0 Å². The number of carbonyl (C=O) groups is 1. The Morgan fingerprint density at radius 1 is 1.19 bits per heavy atom. The van der Waals surface area contributed by atoms with Gasteiger partial charge in [-0.1, -0.05) is 32.0 Å². The molecule has 6 nitrogen and oxygen atoms in total. The second-order valence-corrected chi connectivity index (χ2v) is 12.1. The van der Waals surface area contributed by atoms with E-state index in [0.717, 1.165) is 21.0 Å². The van der Waals surface area contributed by atoms with Crippen LogP contribution >= 0.6 is 11.8 Å². The molecule has 1 aliphatic heterocycles. The molecule has 0 radical (unpaired) electrons. The molecule has 3 rings (SSSR count). The van der Waals surface area contributed by atoms with Crippen LogP contribution in [0.5, 0.6) is 5.75 Å². The van der Waals surface area contributed by atoms with Crippen molar-refractivity contribution in [1.82, 2.24) is 4.31 Å². The first-order valence-corrected chi connectivity index (χ1v) is 12.6. The van der Waals surface area contributed by atoms with Gasteiger partial charge in [0.2, 0.25) is 10.0 Å². The van der Waals surface area contributed by atoms with Gasteiger partial charge in [-0.3, -0.25) is 4.79 Å². The van der Waals surface area contributed by atoms with E-state index < -0.39 is 26.8 Å². The van der Waals surface area contributed by atoms with E-state index in [9.17, 15) is 18.3 Å². The van der Waals surface area contributed by atoms with Crippen molar-refractivity contribution in [3.05, 3.63) is 48.0 Å². The number of carboxylic acid groups (broad SMARTS) is 1. The summed E-state index contributed by atoms with van der Waals surface area (Å²) >= 11 is 1.48. The van der Waals surface area contributed by atoms with Crippen LogP contribution in [0.25, 0.3) is 11.1 Å². The molecule has 0 aromatic heterocycles. The van der Waals surface area contributed by atoms with Crippen LogP contribution in [0.1, 0.15) is 39.2 Å². The first kappa shape index (κ1) is 23.6. The zero-order valence-corrected chi connectivity index (χ0v) is 20.1. The number of methoxy groups -OCH3 is 1. The number of sulfonamides is 1. The molecule has 1 saturated heterocycles. The van der Waals surface area contributed by atoms with Gasteiger partial charge in [-0.15, -0.1) is 0 Å². The summed E-state index contributed by atoms with van der Waals surface area (Å²) in [7, 11) is -2.35. The standard InChI is InChI=1S/C23H29NO5S2/c1-15(2)17-8-11-20(29-5)19(14-17)16-6-9-18(10-7-16)31(27,28)24-12-13-30-23(3,4)21(24)22(25)26/h6-11,14-15,21H,12-13H2,1-5H3,(H,25,26). The van der Waals surface area contributed by atoms with Crippen molar-refractivity contribution in [1.29, 1.82) is 0 Å². The van der Waals surface area contributed by atoms with Gasteiger partial charge in [0, 0.05) is 22.6 Å². The van der Waals surface area contributed by atoms with Gasteiger partial charge in [0.05, 0.1) is 12.0 Å². The monoisotopic (exact) mass is 463 g/mol. The lowest BCUT2D eigenvalue weighted by Crippen LogP contribution is -2.58. The molecule has 1 heterocycles. The summed E-state index contributed by atoms with van der Waals surface area (Å²) in [6.07, 6.45) is 0. The fraction of sp³-hybridized carbons (Fsp3) is 0.435. The maximum atomic E-state index is 13.3. The minimum absolute atomic E-state index is 0.0872. The number of carboxylic acids is 1. The lowest BCUT2D eigenvalue weighted by molar-refractivity contribution is -0.142. The quantitative estimate of drug-likeness (QED) is 0.681. The number of aliphatic carboxylic acids is 1. The minimum Gasteiger partial charge on any atom is -0.496 e. The summed E-state index contributed by atoms with van der Waals surface area (Å²) in [5.41, 5.74) is 2.88. The second-order valence-electron chi connectivity index (χ2n) is 8.45. The molecular weight excluding hydrogens is 434 g/mol. The van der Waals surface area contributed by atoms with Crippen molar-refractivity contribution < 1.29 is 23.1 Å². The van der Waals surface area contributed by atoms with Crippen LogP contribution in [0.15, 0.2) is 47.4 Å². The second kappa shape index (κ2) is 8.84. The van der Waals surface area contributed by atoms with E-state index >= 15 is 0 Å². The van der Waals surface area contributed by atoms with Gasteiger partial charge in [0.15, 0.2) is 0 Å². The SMILES string of the molecule is COc1ccc(C(C)C)cc1-c1ccc(S(=O)(=O)N2CCSC(C)(C)C2C(=O)O)cc1. The van der Waals surface area contributed by atoms with Gasteiger partial charge < -0.3 is 9.84 Å². The van der Waals surface area contributed by atoms with Gasteiger partial charge in [-0.25, -0.2) is 8.42 Å². The molecule has 1 fully saturated rings. The van der Waals surface area contributed by atoms with E-state index in [0.29, 0.717) is 17.4 Å². The third-order valence-corrected chi connectivity index (χ3v) is 8.86. The molecule has 2 aromatic rings. The highest BCUT2D eigenvalue weighted by Crippen LogP contribution is 2.39. The van der Waals surface area contributed by atoms with Crippen molar-refractivity contribution in [3.8, 4) is 16.9 Å². The Morgan fingerprint density at radius 2 is 1.84 bits per heavy atom. The zero-order chi connectivity index (χ0) is 23.0. The molecule has 1 unspecified atom stereocenters. The van der Waals surface area contributed by atoms with Crippen LogP contribution in [0.3, 0.4) is 0 Å². The molecule has 8 heteroatoms. The fourth-order valence-electron chi connectivity index (χ4n) is 3.89. The number of thioether (sulfide) groups is 1. The summed E-state index contributed by atoms with van der Waals surface area (Å²) in [4.78, 5) is 12.0. The largest absolute Gasteiger partial charge is 0.496 e. The molecule has 31 heavy (non-hydrogen) atoms. The lowest BCUT2D eigenvalue weighted by Gasteiger charge is -2.42. The lowest BCUT2D eigenvalue weighted by atomic mass is 9.96. The van der Waals surface area contributed by atoms with E-state index in [1.165, 1.54) is 11.8 Å². The number of hydrogen-bond acceptors (Lipinski definition) is 5. The minimum atomic E-state index is -3.96. The van der Waals surface area contributed by atoms with Crippen LogP contribution in [-0.4, -0.2) is 54.0 Å². The molecule has 0 saturated carbocycles. The molecule has 0 aliphatic carbocycles. The molecule has 0 bridgehead atoms. The van der Waals surface area contributed by atoms with E-state index in [1.54, 1.807) is 45.2 Å². The highest BCUT2D eigenvalue weighted by Gasteiger charge is 2.48. The maximum Gasteiger partial charge on any atom is 0.323 e. The first-order chi connectivity index (χ1) is 14.5. The summed E-state index contributed by atoms with van der Waals surface area (Å²) in [6, 6.07) is 11.4. The van der Waals surface area contributed by atoms with Gasteiger partial charge in [0.1, 0.15) is 11.8 Å².